The van der Waals surface area contributed by atoms with Crippen molar-refractivity contribution in [2.45, 2.75) is 25.7 Å². The molecule has 150 valence electrons. The average molecular weight is 523 g/mol. The second-order valence-electron chi connectivity index (χ2n) is 6.37. The Bertz CT molecular complexity index is 886. The van der Waals surface area contributed by atoms with Crippen molar-refractivity contribution < 1.29 is 23.5 Å². The molecule has 11 heteroatoms. The van der Waals surface area contributed by atoms with Crippen LogP contribution in [0, 0.1) is 9.39 Å². The highest BCUT2D eigenvalue weighted by molar-refractivity contribution is 14.1. The van der Waals surface area contributed by atoms with Gasteiger partial charge in [0.05, 0.1) is 17.9 Å². The Morgan fingerprint density at radius 3 is 2.89 bits per heavy atom. The highest BCUT2D eigenvalue weighted by atomic mass is 127. The zero-order chi connectivity index (χ0) is 20.3. The zero-order valence-corrected chi connectivity index (χ0v) is 17.9. The van der Waals surface area contributed by atoms with Crippen molar-refractivity contribution in [1.82, 2.24) is 15.7 Å². The second kappa shape index (κ2) is 8.82. The maximum atomic E-state index is 14.1. The van der Waals surface area contributed by atoms with Crippen molar-refractivity contribution in [1.29, 1.82) is 0 Å². The summed E-state index contributed by atoms with van der Waals surface area (Å²) in [6.45, 7) is 4.02. The molecule has 1 amide bonds. The number of nitrogens with zero attached hydrogens (tertiary/aromatic N) is 2. The van der Waals surface area contributed by atoms with E-state index in [0.717, 1.165) is 3.57 Å². The van der Waals surface area contributed by atoms with E-state index in [4.69, 9.17) is 25.9 Å². The maximum absolute atomic E-state index is 14.1. The van der Waals surface area contributed by atoms with Crippen LogP contribution in [0.5, 0.6) is 0 Å². The summed E-state index contributed by atoms with van der Waals surface area (Å²) in [5.41, 5.74) is 2.48. The molecule has 2 heterocycles. The number of hydrogen-bond donors (Lipinski definition) is 2. The first-order valence-corrected chi connectivity index (χ1v) is 9.68. The normalized spacial score (nSPS) is 18.1. The molecule has 0 radical (unpaired) electrons. The van der Waals surface area contributed by atoms with Crippen LogP contribution < -0.4 is 10.8 Å². The molecule has 2 aromatic rings. The largest absolute Gasteiger partial charge is 0.348 e. The molecular weight excluding hydrogens is 506 g/mol. The summed E-state index contributed by atoms with van der Waals surface area (Å²) in [6.07, 6.45) is -0.312. The third-order valence-corrected chi connectivity index (χ3v) is 4.55. The van der Waals surface area contributed by atoms with E-state index in [0.29, 0.717) is 6.61 Å². The summed E-state index contributed by atoms with van der Waals surface area (Å²) >= 11 is 7.85. The van der Waals surface area contributed by atoms with E-state index >= 15 is 0 Å². The Morgan fingerprint density at radius 2 is 2.21 bits per heavy atom. The molecule has 0 bridgehead atoms. The van der Waals surface area contributed by atoms with Crippen molar-refractivity contribution in [2.75, 3.05) is 18.5 Å². The van der Waals surface area contributed by atoms with E-state index in [9.17, 15) is 9.18 Å². The number of hydrogen-bond acceptors (Lipinski definition) is 7. The molecular formula is C17H17ClFIN4O4. The number of amides is 1. The Labute approximate surface area is 179 Å². The van der Waals surface area contributed by atoms with E-state index < -0.39 is 17.5 Å². The first-order valence-electron chi connectivity index (χ1n) is 8.23. The Kier molecular flexibility index (Phi) is 6.65. The van der Waals surface area contributed by atoms with Gasteiger partial charge in [-0.3, -0.25) is 9.63 Å². The number of carbonyl (C=O) groups is 1. The number of halogens is 3. The van der Waals surface area contributed by atoms with Crippen LogP contribution in [0.2, 0.25) is 5.15 Å². The van der Waals surface area contributed by atoms with Gasteiger partial charge in [-0.15, -0.1) is 10.2 Å². The lowest BCUT2D eigenvalue weighted by molar-refractivity contribution is -0.147. The number of benzene rings is 1. The standard InChI is InChI=1S/C17H17ClFIN4O4/c1-17(2)26-7-10(28-17)8-27-24-16(25)11-6-14(18)22-23-15(11)21-13-4-3-9(20)5-12(13)19/h3-6,10H,7-8H2,1-2H3,(H,21,23)(H,24,25). The van der Waals surface area contributed by atoms with Gasteiger partial charge < -0.3 is 14.8 Å². The smallest absolute Gasteiger partial charge is 0.278 e. The first kappa shape index (κ1) is 21.1. The number of nitrogens with one attached hydrogen (secondary N) is 2. The minimum absolute atomic E-state index is 0.00746. The van der Waals surface area contributed by atoms with Gasteiger partial charge in [-0.2, -0.15) is 0 Å². The van der Waals surface area contributed by atoms with Crippen molar-refractivity contribution in [3.63, 3.8) is 0 Å². The Balaban J connectivity index is 1.67. The number of hydroxylamine groups is 1. The van der Waals surface area contributed by atoms with Crippen LogP contribution in [0.3, 0.4) is 0 Å². The predicted molar refractivity (Wildman–Crippen MR) is 108 cm³/mol. The lowest BCUT2D eigenvalue weighted by Crippen LogP contribution is -2.31. The van der Waals surface area contributed by atoms with E-state index in [-0.39, 0.29) is 34.9 Å². The Hall–Kier alpha value is -1.60. The molecule has 1 unspecified atom stereocenters. The monoisotopic (exact) mass is 522 g/mol. The number of anilines is 2. The van der Waals surface area contributed by atoms with Crippen LogP contribution in [0.1, 0.15) is 24.2 Å². The highest BCUT2D eigenvalue weighted by Gasteiger charge is 2.33. The van der Waals surface area contributed by atoms with Gasteiger partial charge in [0.25, 0.3) is 5.91 Å². The van der Waals surface area contributed by atoms with Gasteiger partial charge in [0.1, 0.15) is 18.5 Å². The van der Waals surface area contributed by atoms with E-state index in [1.165, 1.54) is 18.2 Å². The third-order valence-electron chi connectivity index (χ3n) is 3.69. The minimum Gasteiger partial charge on any atom is -0.348 e. The van der Waals surface area contributed by atoms with Crippen LogP contribution in [-0.2, 0) is 14.3 Å². The maximum Gasteiger partial charge on any atom is 0.278 e. The molecule has 1 fully saturated rings. The van der Waals surface area contributed by atoms with Gasteiger partial charge in [-0.25, -0.2) is 9.87 Å². The van der Waals surface area contributed by atoms with Crippen LogP contribution >= 0.6 is 34.2 Å². The number of aromatic nitrogens is 2. The first-order chi connectivity index (χ1) is 13.2. The summed E-state index contributed by atoms with van der Waals surface area (Å²) in [7, 11) is 0. The highest BCUT2D eigenvalue weighted by Crippen LogP contribution is 2.24. The fourth-order valence-electron chi connectivity index (χ4n) is 2.45. The van der Waals surface area contributed by atoms with Crippen LogP contribution in [0.25, 0.3) is 0 Å². The topological polar surface area (TPSA) is 94.6 Å². The van der Waals surface area contributed by atoms with Gasteiger partial charge in [0.15, 0.2) is 16.8 Å². The molecule has 0 aliphatic carbocycles. The number of carbonyl (C=O) groups excluding carboxylic acids is 1. The average Bonchev–Trinajstić information content (AvgIpc) is 2.97. The summed E-state index contributed by atoms with van der Waals surface area (Å²) in [6, 6.07) is 5.90. The van der Waals surface area contributed by atoms with Crippen molar-refractivity contribution >= 4 is 51.6 Å². The molecule has 1 aliphatic heterocycles. The molecule has 8 nitrogen and oxygen atoms in total. The summed E-state index contributed by atoms with van der Waals surface area (Å²) in [4.78, 5) is 17.7. The van der Waals surface area contributed by atoms with Crippen molar-refractivity contribution in [2.24, 2.45) is 0 Å². The lowest BCUT2D eigenvalue weighted by Gasteiger charge is -2.17. The fraction of sp³-hybridized carbons (Fsp3) is 0.353. The Morgan fingerprint density at radius 1 is 1.43 bits per heavy atom. The van der Waals surface area contributed by atoms with Gasteiger partial charge >= 0.3 is 0 Å². The minimum atomic E-state index is -0.685. The SMILES string of the molecule is CC1(C)OCC(CONC(=O)c2cc(Cl)nnc2Nc2ccc(I)cc2F)O1. The molecule has 3 rings (SSSR count). The van der Waals surface area contributed by atoms with Gasteiger partial charge in [-0.05, 0) is 60.7 Å². The lowest BCUT2D eigenvalue weighted by atomic mass is 10.2. The van der Waals surface area contributed by atoms with E-state index in [1.807, 2.05) is 22.6 Å². The predicted octanol–water partition coefficient (Wildman–Crippen LogP) is 3.43. The van der Waals surface area contributed by atoms with Crippen molar-refractivity contribution in [3.05, 3.63) is 44.4 Å². The molecule has 1 saturated heterocycles. The molecule has 0 saturated carbocycles. The molecule has 1 aromatic carbocycles. The number of rotatable bonds is 6. The van der Waals surface area contributed by atoms with Crippen LogP contribution in [0.15, 0.2) is 24.3 Å². The van der Waals surface area contributed by atoms with Crippen molar-refractivity contribution in [3.8, 4) is 0 Å². The number of ether oxygens (including phenoxy) is 2. The molecule has 2 N–H and O–H groups in total. The second-order valence-corrected chi connectivity index (χ2v) is 8.00. The summed E-state index contributed by atoms with van der Waals surface area (Å²) < 4.78 is 25.8. The van der Waals surface area contributed by atoms with E-state index in [1.54, 1.807) is 19.9 Å². The molecule has 1 atom stereocenters. The van der Waals surface area contributed by atoms with Crippen LogP contribution in [0.4, 0.5) is 15.9 Å². The zero-order valence-electron chi connectivity index (χ0n) is 15.0. The summed E-state index contributed by atoms with van der Waals surface area (Å²) in [5, 5.41) is 10.3. The molecule has 1 aromatic heterocycles. The van der Waals surface area contributed by atoms with Gasteiger partial charge in [0, 0.05) is 3.57 Å². The summed E-state index contributed by atoms with van der Waals surface area (Å²) in [5.74, 6) is -1.77. The van der Waals surface area contributed by atoms with E-state index in [2.05, 4.69) is 21.0 Å². The van der Waals surface area contributed by atoms with Gasteiger partial charge in [0.2, 0.25) is 0 Å². The third kappa shape index (κ3) is 5.47. The van der Waals surface area contributed by atoms with Gasteiger partial charge in [-0.1, -0.05) is 11.6 Å². The molecule has 1 aliphatic rings. The van der Waals surface area contributed by atoms with Crippen LogP contribution in [-0.4, -0.2) is 41.2 Å². The molecule has 28 heavy (non-hydrogen) atoms. The quantitative estimate of drug-likeness (QED) is 0.443. The molecule has 0 spiro atoms. The fourth-order valence-corrected chi connectivity index (χ4v) is 3.05.